The molecule has 37 heavy (non-hydrogen) atoms. The fourth-order valence-electron chi connectivity index (χ4n) is 8.35. The lowest BCUT2D eigenvalue weighted by Gasteiger charge is -2.72. The summed E-state index contributed by atoms with van der Waals surface area (Å²) < 4.78 is 0.766. The highest BCUT2D eigenvalue weighted by atomic mass is 15.5. The summed E-state index contributed by atoms with van der Waals surface area (Å²) in [5, 5.41) is 0. The molecule has 0 N–H and O–H groups in total. The van der Waals surface area contributed by atoms with Gasteiger partial charge in [-0.2, -0.15) is 0 Å². The minimum Gasteiger partial charge on any atom is -0.291 e. The summed E-state index contributed by atoms with van der Waals surface area (Å²) in [5.74, 6) is 0. The van der Waals surface area contributed by atoms with Crippen LogP contribution < -0.4 is 0 Å². The van der Waals surface area contributed by atoms with E-state index in [9.17, 15) is 0 Å². The van der Waals surface area contributed by atoms with Crippen LogP contribution in [0.25, 0.3) is 0 Å². The molecule has 0 aromatic heterocycles. The van der Waals surface area contributed by atoms with Crippen LogP contribution in [0.2, 0.25) is 0 Å². The first-order valence-corrected chi connectivity index (χ1v) is 13.5. The Morgan fingerprint density at radius 1 is 0.297 bits per heavy atom. The maximum atomic E-state index is 2.46. The Kier molecular flexibility index (Phi) is 6.99. The zero-order valence-corrected chi connectivity index (χ0v) is 24.0. The van der Waals surface area contributed by atoms with Crippen LogP contribution in [0.3, 0.4) is 0 Å². The third kappa shape index (κ3) is 3.96. The van der Waals surface area contributed by atoms with Gasteiger partial charge < -0.3 is 0 Å². The normalized spacial score (nSPS) is 13.4. The van der Waals surface area contributed by atoms with E-state index in [1.165, 1.54) is 22.3 Å². The van der Waals surface area contributed by atoms with Gasteiger partial charge in [-0.05, 0) is 55.4 Å². The van der Waals surface area contributed by atoms with Gasteiger partial charge in [0.15, 0.2) is 0 Å². The van der Waals surface area contributed by atoms with Gasteiger partial charge in [0.25, 0.3) is 0 Å². The molecule has 0 unspecified atom stereocenters. The molecule has 0 radical (unpaired) electrons. The molecule has 4 aromatic carbocycles. The van der Waals surface area contributed by atoms with Gasteiger partial charge in [0, 0.05) is 22.3 Å². The predicted octanol–water partition coefficient (Wildman–Crippen LogP) is 9.54. The van der Waals surface area contributed by atoms with Crippen molar-refractivity contribution in [2.75, 3.05) is 0 Å². The van der Waals surface area contributed by atoms with Crippen molar-refractivity contribution in [3.05, 3.63) is 144 Å². The highest BCUT2D eigenvalue weighted by Gasteiger charge is 2.70. The molecule has 0 aliphatic carbocycles. The molecule has 1 heteroatoms. The Morgan fingerprint density at radius 3 is 0.622 bits per heavy atom. The Labute approximate surface area is 225 Å². The topological polar surface area (TPSA) is 0 Å². The number of quaternary nitrogens is 1. The average Bonchev–Trinajstić information content (AvgIpc) is 2.90. The van der Waals surface area contributed by atoms with E-state index in [1.54, 1.807) is 0 Å². The predicted molar refractivity (Wildman–Crippen MR) is 158 cm³/mol. The summed E-state index contributed by atoms with van der Waals surface area (Å²) in [4.78, 5) is 0. The third-order valence-corrected chi connectivity index (χ3v) is 9.28. The first-order valence-electron chi connectivity index (χ1n) is 13.5. The van der Waals surface area contributed by atoms with Crippen molar-refractivity contribution in [1.29, 1.82) is 0 Å². The van der Waals surface area contributed by atoms with Crippen LogP contribution in [0.15, 0.2) is 121 Å². The first kappa shape index (κ1) is 26.9. The SMILES string of the molecule is CC(C)(c1ccccc1)[N+](C(C)(C)c1ccccc1)(C(C)(C)c1ccccc1)C(C)(C)c1ccccc1. The summed E-state index contributed by atoms with van der Waals surface area (Å²) in [6.45, 7) is 19.7. The summed E-state index contributed by atoms with van der Waals surface area (Å²) in [5.41, 5.74) is 4.19. The monoisotopic (exact) mass is 490 g/mol. The molecule has 4 aromatic rings. The Hall–Kier alpha value is -3.16. The fraction of sp³-hybridized carbons (Fsp3) is 0.333. The van der Waals surface area contributed by atoms with Gasteiger partial charge in [0.05, 0.1) is 0 Å². The lowest BCUT2D eigenvalue weighted by atomic mass is 9.65. The highest BCUT2D eigenvalue weighted by Crippen LogP contribution is 2.63. The van der Waals surface area contributed by atoms with Gasteiger partial charge in [-0.3, -0.25) is 4.48 Å². The Balaban J connectivity index is 2.24. The van der Waals surface area contributed by atoms with E-state index in [-0.39, 0.29) is 22.2 Å². The van der Waals surface area contributed by atoms with E-state index in [0.717, 1.165) is 4.48 Å². The Morgan fingerprint density at radius 2 is 0.459 bits per heavy atom. The molecule has 0 aliphatic heterocycles. The van der Waals surface area contributed by atoms with Crippen LogP contribution in [0.5, 0.6) is 0 Å². The van der Waals surface area contributed by atoms with E-state index in [2.05, 4.69) is 177 Å². The lowest BCUT2D eigenvalue weighted by molar-refractivity contribution is -1.11. The van der Waals surface area contributed by atoms with Crippen molar-refractivity contribution in [2.45, 2.75) is 77.5 Å². The van der Waals surface area contributed by atoms with Crippen molar-refractivity contribution in [1.82, 2.24) is 0 Å². The van der Waals surface area contributed by atoms with Crippen molar-refractivity contribution >= 4 is 0 Å². The lowest BCUT2D eigenvalue weighted by Crippen LogP contribution is -2.80. The van der Waals surface area contributed by atoms with Gasteiger partial charge in [-0.25, -0.2) is 0 Å². The number of hydrogen-bond donors (Lipinski definition) is 0. The van der Waals surface area contributed by atoms with Crippen LogP contribution >= 0.6 is 0 Å². The molecule has 0 saturated heterocycles. The quantitative estimate of drug-likeness (QED) is 0.216. The molecule has 0 fully saturated rings. The van der Waals surface area contributed by atoms with Crippen LogP contribution in [-0.4, -0.2) is 4.48 Å². The zero-order chi connectivity index (χ0) is 27.0. The van der Waals surface area contributed by atoms with Crippen LogP contribution in [0.4, 0.5) is 0 Å². The van der Waals surface area contributed by atoms with Gasteiger partial charge in [0.1, 0.15) is 22.2 Å². The van der Waals surface area contributed by atoms with Gasteiger partial charge in [0.2, 0.25) is 0 Å². The van der Waals surface area contributed by atoms with E-state index >= 15 is 0 Å². The second-order valence-corrected chi connectivity index (χ2v) is 12.4. The first-order chi connectivity index (χ1) is 17.4. The van der Waals surface area contributed by atoms with Crippen molar-refractivity contribution in [3.8, 4) is 0 Å². The largest absolute Gasteiger partial charge is 0.291 e. The number of hydrogen-bond acceptors (Lipinski definition) is 0. The molecule has 0 aliphatic rings. The molecular formula is C36H44N+. The van der Waals surface area contributed by atoms with Gasteiger partial charge in [-0.1, -0.05) is 121 Å². The van der Waals surface area contributed by atoms with Crippen molar-refractivity contribution in [3.63, 3.8) is 0 Å². The molecule has 0 spiro atoms. The van der Waals surface area contributed by atoms with E-state index in [4.69, 9.17) is 0 Å². The van der Waals surface area contributed by atoms with Crippen LogP contribution in [-0.2, 0) is 22.2 Å². The summed E-state index contributed by atoms with van der Waals surface area (Å²) in [7, 11) is 0. The zero-order valence-electron chi connectivity index (χ0n) is 24.0. The minimum absolute atomic E-state index is 0.292. The molecule has 1 nitrogen and oxygen atoms in total. The molecule has 0 amide bonds. The average molecular weight is 491 g/mol. The summed E-state index contributed by atoms with van der Waals surface area (Å²) >= 11 is 0. The number of nitrogens with zero attached hydrogens (tertiary/aromatic N) is 1. The highest BCUT2D eigenvalue weighted by molar-refractivity contribution is 5.32. The third-order valence-electron chi connectivity index (χ3n) is 9.28. The molecule has 0 atom stereocenters. The number of benzene rings is 4. The fourth-order valence-corrected chi connectivity index (χ4v) is 8.35. The number of rotatable bonds is 8. The molecular weight excluding hydrogens is 446 g/mol. The minimum atomic E-state index is -0.292. The second-order valence-electron chi connectivity index (χ2n) is 12.4. The molecule has 0 saturated carbocycles. The van der Waals surface area contributed by atoms with E-state index < -0.39 is 0 Å². The van der Waals surface area contributed by atoms with Crippen LogP contribution in [0.1, 0.15) is 77.6 Å². The molecule has 4 rings (SSSR count). The van der Waals surface area contributed by atoms with E-state index in [0.29, 0.717) is 0 Å². The maximum Gasteiger partial charge on any atom is 0.121 e. The van der Waals surface area contributed by atoms with Gasteiger partial charge in [-0.15, -0.1) is 0 Å². The van der Waals surface area contributed by atoms with E-state index in [1.807, 2.05) is 0 Å². The summed E-state index contributed by atoms with van der Waals surface area (Å²) in [6.07, 6.45) is 0. The smallest absolute Gasteiger partial charge is 0.121 e. The summed E-state index contributed by atoms with van der Waals surface area (Å²) in [6, 6.07) is 44.5. The second kappa shape index (κ2) is 9.62. The standard InChI is InChI=1S/C36H44N/c1-33(2,29-21-13-9-14-22-29)37(34(3,4)30-23-15-10-16-24-30,35(5,6)31-25-17-11-18-26-31)36(7,8)32-27-19-12-20-28-32/h9-28H,1-8H3/q+1. The molecule has 0 heterocycles. The molecule has 0 bridgehead atoms. The van der Waals surface area contributed by atoms with Gasteiger partial charge >= 0.3 is 0 Å². The Bertz CT molecular complexity index is 1070. The van der Waals surface area contributed by atoms with Crippen molar-refractivity contribution in [2.24, 2.45) is 0 Å². The van der Waals surface area contributed by atoms with Crippen LogP contribution in [0, 0.1) is 0 Å². The maximum absolute atomic E-state index is 2.46. The molecule has 192 valence electrons. The van der Waals surface area contributed by atoms with Crippen molar-refractivity contribution < 1.29 is 4.48 Å².